The molecule has 1 heterocycles. The average Bonchev–Trinajstić information content (AvgIpc) is 2.40. The fraction of sp³-hybridized carbons (Fsp3) is 0.455. The zero-order valence-corrected chi connectivity index (χ0v) is 8.26. The topological polar surface area (TPSA) is 54.0 Å². The Balaban J connectivity index is 2.44. The lowest BCUT2D eigenvalue weighted by Gasteiger charge is -2.33. The molecular formula is C11H11NO2. The van der Waals surface area contributed by atoms with Crippen LogP contribution < -0.4 is 0 Å². The number of nitrogens with zero attached hydrogens (tertiary/aromatic N) is 1. The Morgan fingerprint density at radius 3 is 2.50 bits per heavy atom. The van der Waals surface area contributed by atoms with Gasteiger partial charge in [-0.1, -0.05) is 0 Å². The van der Waals surface area contributed by atoms with E-state index in [0.717, 1.165) is 17.1 Å². The van der Waals surface area contributed by atoms with E-state index in [-0.39, 0.29) is 5.78 Å². The number of furan rings is 1. The van der Waals surface area contributed by atoms with Crippen LogP contribution in [0.2, 0.25) is 0 Å². The van der Waals surface area contributed by atoms with Crippen molar-refractivity contribution in [2.45, 2.75) is 32.1 Å². The number of aryl methyl sites for hydroxylation is 2. The van der Waals surface area contributed by atoms with Crippen LogP contribution in [0.15, 0.2) is 10.5 Å². The first-order valence-electron chi connectivity index (χ1n) is 4.58. The third kappa shape index (κ3) is 1.07. The fourth-order valence-electron chi connectivity index (χ4n) is 2.06. The molecule has 0 saturated heterocycles. The van der Waals surface area contributed by atoms with E-state index in [1.54, 1.807) is 0 Å². The molecule has 72 valence electrons. The summed E-state index contributed by atoms with van der Waals surface area (Å²) in [4.78, 5) is 11.0. The lowest BCUT2D eigenvalue weighted by molar-refractivity contribution is -0.126. The van der Waals surface area contributed by atoms with Gasteiger partial charge < -0.3 is 4.42 Å². The highest BCUT2D eigenvalue weighted by molar-refractivity contribution is 5.90. The number of nitriles is 1. The molecule has 0 aliphatic heterocycles. The molecule has 0 aromatic carbocycles. The summed E-state index contributed by atoms with van der Waals surface area (Å²) in [5.41, 5.74) is 0.288. The molecule has 2 rings (SSSR count). The zero-order chi connectivity index (χ0) is 10.3. The van der Waals surface area contributed by atoms with Crippen LogP contribution in [0.25, 0.3) is 0 Å². The van der Waals surface area contributed by atoms with E-state index in [2.05, 4.69) is 6.07 Å². The molecule has 0 N–H and O–H groups in total. The predicted octanol–water partition coefficient (Wildman–Crippen LogP) is 2.02. The van der Waals surface area contributed by atoms with Gasteiger partial charge in [-0.3, -0.25) is 4.79 Å². The third-order valence-corrected chi connectivity index (χ3v) is 2.77. The second-order valence-electron chi connectivity index (χ2n) is 3.91. The van der Waals surface area contributed by atoms with Gasteiger partial charge in [-0.05, 0) is 19.9 Å². The van der Waals surface area contributed by atoms with Gasteiger partial charge in [-0.2, -0.15) is 5.26 Å². The van der Waals surface area contributed by atoms with E-state index in [1.807, 2.05) is 19.9 Å². The van der Waals surface area contributed by atoms with Gasteiger partial charge in [-0.25, -0.2) is 0 Å². The minimum atomic E-state index is -0.598. The monoisotopic (exact) mass is 189 g/mol. The van der Waals surface area contributed by atoms with E-state index in [4.69, 9.17) is 9.68 Å². The van der Waals surface area contributed by atoms with Crippen molar-refractivity contribution in [3.05, 3.63) is 23.2 Å². The van der Waals surface area contributed by atoms with Crippen LogP contribution in [-0.2, 0) is 10.2 Å². The van der Waals surface area contributed by atoms with Crippen LogP contribution in [-0.4, -0.2) is 5.78 Å². The van der Waals surface area contributed by atoms with Crippen LogP contribution in [0, 0.1) is 25.2 Å². The molecule has 3 heteroatoms. The Bertz CT molecular complexity index is 429. The standard InChI is InChI=1S/C11H11NO2/c1-7-3-10(8(2)14-7)11(6-12)4-9(13)5-11/h3H,4-5H2,1-2H3. The minimum Gasteiger partial charge on any atom is -0.466 e. The molecule has 0 spiro atoms. The maximum absolute atomic E-state index is 11.0. The number of carbonyl (C=O) groups excluding carboxylic acids is 1. The molecule has 0 unspecified atom stereocenters. The Morgan fingerprint density at radius 2 is 2.14 bits per heavy atom. The first kappa shape index (κ1) is 9.01. The normalized spacial score (nSPS) is 18.8. The summed E-state index contributed by atoms with van der Waals surface area (Å²) < 4.78 is 5.37. The minimum absolute atomic E-state index is 0.157. The molecule has 1 saturated carbocycles. The quantitative estimate of drug-likeness (QED) is 0.679. The highest BCUT2D eigenvalue weighted by atomic mass is 16.3. The molecule has 0 amide bonds. The molecule has 1 aromatic heterocycles. The van der Waals surface area contributed by atoms with Crippen molar-refractivity contribution in [3.8, 4) is 6.07 Å². The van der Waals surface area contributed by atoms with E-state index >= 15 is 0 Å². The first-order valence-corrected chi connectivity index (χ1v) is 4.58. The molecule has 0 atom stereocenters. The van der Waals surface area contributed by atoms with Crippen molar-refractivity contribution >= 4 is 5.78 Å². The number of ketones is 1. The molecule has 1 aliphatic rings. The van der Waals surface area contributed by atoms with Crippen molar-refractivity contribution in [1.29, 1.82) is 5.26 Å². The van der Waals surface area contributed by atoms with Gasteiger partial charge in [0.2, 0.25) is 0 Å². The summed E-state index contributed by atoms with van der Waals surface area (Å²) >= 11 is 0. The molecule has 1 aliphatic carbocycles. The van der Waals surface area contributed by atoms with Gasteiger partial charge in [-0.15, -0.1) is 0 Å². The van der Waals surface area contributed by atoms with Gasteiger partial charge >= 0.3 is 0 Å². The highest BCUT2D eigenvalue weighted by Crippen LogP contribution is 2.42. The van der Waals surface area contributed by atoms with E-state index in [0.29, 0.717) is 12.8 Å². The van der Waals surface area contributed by atoms with Gasteiger partial charge in [0, 0.05) is 18.4 Å². The van der Waals surface area contributed by atoms with Crippen molar-refractivity contribution in [3.63, 3.8) is 0 Å². The average molecular weight is 189 g/mol. The Labute approximate surface area is 82.3 Å². The Morgan fingerprint density at radius 1 is 1.50 bits per heavy atom. The summed E-state index contributed by atoms with van der Waals surface area (Å²) in [7, 11) is 0. The SMILES string of the molecule is Cc1cc(C2(C#N)CC(=O)C2)c(C)o1. The molecule has 1 fully saturated rings. The lowest BCUT2D eigenvalue weighted by Crippen LogP contribution is -2.40. The van der Waals surface area contributed by atoms with Gasteiger partial charge in [0.25, 0.3) is 0 Å². The summed E-state index contributed by atoms with van der Waals surface area (Å²) in [6, 6.07) is 4.10. The van der Waals surface area contributed by atoms with Crippen LogP contribution in [0.5, 0.6) is 0 Å². The largest absolute Gasteiger partial charge is 0.466 e. The molecule has 1 aromatic rings. The van der Waals surface area contributed by atoms with Crippen molar-refractivity contribution < 1.29 is 9.21 Å². The smallest absolute Gasteiger partial charge is 0.136 e. The number of rotatable bonds is 1. The van der Waals surface area contributed by atoms with Gasteiger partial charge in [0.05, 0.1) is 11.5 Å². The van der Waals surface area contributed by atoms with Crippen LogP contribution in [0.4, 0.5) is 0 Å². The summed E-state index contributed by atoms with van der Waals surface area (Å²) in [5.74, 6) is 1.72. The van der Waals surface area contributed by atoms with E-state index in [9.17, 15) is 4.79 Å². The van der Waals surface area contributed by atoms with Crippen LogP contribution in [0.1, 0.15) is 29.9 Å². The summed E-state index contributed by atoms with van der Waals surface area (Å²) in [5, 5.41) is 9.10. The second-order valence-corrected chi connectivity index (χ2v) is 3.91. The number of hydrogen-bond acceptors (Lipinski definition) is 3. The number of hydrogen-bond donors (Lipinski definition) is 0. The first-order chi connectivity index (χ1) is 6.57. The maximum Gasteiger partial charge on any atom is 0.136 e. The Kier molecular flexibility index (Phi) is 1.75. The summed E-state index contributed by atoms with van der Waals surface area (Å²) in [6.45, 7) is 3.69. The molecule has 3 nitrogen and oxygen atoms in total. The maximum atomic E-state index is 11.0. The van der Waals surface area contributed by atoms with E-state index in [1.165, 1.54) is 0 Å². The highest BCUT2D eigenvalue weighted by Gasteiger charge is 2.47. The molecular weight excluding hydrogens is 178 g/mol. The van der Waals surface area contributed by atoms with Crippen LogP contribution in [0.3, 0.4) is 0 Å². The number of carbonyl (C=O) groups is 1. The Hall–Kier alpha value is -1.56. The third-order valence-electron chi connectivity index (χ3n) is 2.77. The van der Waals surface area contributed by atoms with Crippen molar-refractivity contribution in [2.24, 2.45) is 0 Å². The fourth-order valence-corrected chi connectivity index (χ4v) is 2.06. The van der Waals surface area contributed by atoms with Gasteiger partial charge in [0.1, 0.15) is 17.3 Å². The van der Waals surface area contributed by atoms with Crippen molar-refractivity contribution in [2.75, 3.05) is 0 Å². The van der Waals surface area contributed by atoms with E-state index < -0.39 is 5.41 Å². The lowest BCUT2D eigenvalue weighted by atomic mass is 9.64. The molecule has 0 radical (unpaired) electrons. The summed E-state index contributed by atoms with van der Waals surface area (Å²) in [6.07, 6.45) is 0.673. The second kappa shape index (κ2) is 2.71. The molecule has 14 heavy (non-hydrogen) atoms. The zero-order valence-electron chi connectivity index (χ0n) is 8.26. The van der Waals surface area contributed by atoms with Crippen LogP contribution >= 0.6 is 0 Å². The van der Waals surface area contributed by atoms with Gasteiger partial charge in [0.15, 0.2) is 0 Å². The number of Topliss-reactive ketones (excluding diaryl/α,β-unsaturated/α-hetero) is 1. The van der Waals surface area contributed by atoms with Crippen molar-refractivity contribution in [1.82, 2.24) is 0 Å². The molecule has 0 bridgehead atoms. The predicted molar refractivity (Wildman–Crippen MR) is 49.7 cm³/mol.